The molecule has 0 amide bonds. The molecule has 0 aliphatic rings. The molecule has 0 rings (SSSR count). The molecule has 0 saturated heterocycles. The summed E-state index contributed by atoms with van der Waals surface area (Å²) in [6.45, 7) is 0. The zero-order valence-electron chi connectivity index (χ0n) is 9.88. The molecule has 0 aromatic heterocycles. The van der Waals surface area contributed by atoms with Gasteiger partial charge in [-0.15, -0.1) is 0 Å². The van der Waals surface area contributed by atoms with E-state index in [1.165, 1.54) is 0 Å². The predicted octanol–water partition coefficient (Wildman–Crippen LogP) is -3.22. The Balaban J connectivity index is 0. The first-order chi connectivity index (χ1) is 0. The molecule has 16 N–H and O–H groups in total. The van der Waals surface area contributed by atoms with Crippen LogP contribution in [0, 0.1) is 0 Å². The maximum Gasteiger partial charge on any atom is 3.00 e. The molecular weight excluding hydrogens is 576 g/mol. The van der Waals surface area contributed by atoms with Crippen LogP contribution in [0.25, 0.3) is 0 Å². The smallest absolute Gasteiger partial charge is 0.870 e. The van der Waals surface area contributed by atoms with E-state index in [0.717, 1.165) is 0 Å². The van der Waals surface area contributed by atoms with Crippen molar-refractivity contribution in [2.45, 2.75) is 0 Å². The summed E-state index contributed by atoms with van der Waals surface area (Å²) in [5, 5.41) is 0. The van der Waals surface area contributed by atoms with Crippen LogP contribution in [-0.4, -0.2) is 105 Å². The van der Waals surface area contributed by atoms with Crippen LogP contribution in [-0.2, 0) is 88.7 Å². The van der Waals surface area contributed by atoms with E-state index in [1.54, 1.807) is 0 Å². The van der Waals surface area contributed by atoms with Gasteiger partial charge in [0.2, 0.25) is 0 Å². The van der Waals surface area contributed by atoms with Crippen molar-refractivity contribution in [2.75, 3.05) is 0 Å². The normalized spacial score (nSPS) is 0. The van der Waals surface area contributed by atoms with Crippen LogP contribution >= 0.6 is 0 Å². The van der Waals surface area contributed by atoms with E-state index in [2.05, 4.69) is 0 Å². The van der Waals surface area contributed by atoms with E-state index in [-0.39, 0.29) is 194 Å². The Hall–Kier alpha value is 2.63. The van der Waals surface area contributed by atoms with Gasteiger partial charge in [0, 0.05) is 18.6 Å². The molecule has 0 aromatic carbocycles. The Bertz CT molecular complexity index is 34.1. The molecule has 3 radical (unpaired) electrons. The summed E-state index contributed by atoms with van der Waals surface area (Å²) in [6.07, 6.45) is 0. The van der Waals surface area contributed by atoms with Crippen molar-refractivity contribution < 1.29 is 176 Å². The fourth-order valence-electron chi connectivity index (χ4n) is 0. The molecule has 0 heterocycles. The molecule has 22 heteroatoms. The van der Waals surface area contributed by atoms with Crippen molar-refractivity contribution in [3.8, 4) is 0 Å². The first kappa shape index (κ1) is 1980. The van der Waals surface area contributed by atoms with E-state index >= 15 is 0 Å². The summed E-state index contributed by atoms with van der Waals surface area (Å²) in [6, 6.07) is 0. The van der Waals surface area contributed by atoms with Crippen LogP contribution < -0.4 is 0 Å². The third-order valence-corrected chi connectivity index (χ3v) is 0. The number of hydrogen-bond acceptors (Lipinski definition) is 16. The maximum absolute atomic E-state index is 0. The molecule has 155 valence electrons. The third kappa shape index (κ3) is 1530. The second kappa shape index (κ2) is 1750. The van der Waals surface area contributed by atoms with Crippen LogP contribution in [0.15, 0.2) is 0 Å². The zero-order valence-corrected chi connectivity index (χ0v) is 18.5. The van der Waals surface area contributed by atoms with E-state index < -0.39 is 0 Å². The van der Waals surface area contributed by atoms with E-state index in [4.69, 9.17) is 0 Å². The fourth-order valence-corrected chi connectivity index (χ4v) is 0. The molecule has 22 heavy (non-hydrogen) atoms. The second-order valence-electron chi connectivity index (χ2n) is 0. The van der Waals surface area contributed by atoms with Crippen LogP contribution in [0.2, 0.25) is 0 Å². The SMILES string of the molecule is [Al+3].[Cu+2].[Mn+2].[Ni+2].[OH-].[OH-].[OH-].[OH-].[OH-].[OH-].[OH-].[OH-].[OH-].[OH-].[OH-].[OH-].[OH-].[OH-].[OH-].[OH-].[V].[Zn+2]. The molecule has 0 unspecified atom stereocenters. The van der Waals surface area contributed by atoms with Gasteiger partial charge in [-0.3, -0.25) is 0 Å². The molecule has 0 spiro atoms. The molecule has 0 aliphatic heterocycles. The Kier molecular flexibility index (Phi) is 158000. The summed E-state index contributed by atoms with van der Waals surface area (Å²) in [5.74, 6) is 0. The van der Waals surface area contributed by atoms with Gasteiger partial charge in [-0.25, -0.2) is 0 Å². The van der Waals surface area contributed by atoms with Gasteiger partial charge in [-0.1, -0.05) is 0 Å². The summed E-state index contributed by atoms with van der Waals surface area (Å²) >= 11 is 0. The van der Waals surface area contributed by atoms with Crippen LogP contribution in [0.1, 0.15) is 0 Å². The quantitative estimate of drug-likeness (QED) is 0.249. The average molecular weight is 593 g/mol. The van der Waals surface area contributed by atoms with Crippen molar-refractivity contribution in [1.29, 1.82) is 0 Å². The maximum atomic E-state index is 0. The second-order valence-corrected chi connectivity index (χ2v) is 0. The standard InChI is InChI=1S/Al.Cu.Mn.Ni.16H2O.V.Zn/h;;;;16*1H2;;/q+3;3*+2;;;;;;;;;;;;;;;;;;+2/p-16. The Morgan fingerprint density at radius 3 is 0.318 bits per heavy atom. The summed E-state index contributed by atoms with van der Waals surface area (Å²) < 4.78 is 0. The Labute approximate surface area is 192 Å². The predicted molar refractivity (Wildman–Crippen MR) is 36.7 cm³/mol. The minimum absolute atomic E-state index is 0. The Morgan fingerprint density at radius 1 is 0.318 bits per heavy atom. The number of rotatable bonds is 0. The summed E-state index contributed by atoms with van der Waals surface area (Å²) in [7, 11) is 0. The zero-order chi connectivity index (χ0) is 0. The topological polar surface area (TPSA) is 480 Å². The molecule has 0 bridgehead atoms. The van der Waals surface area contributed by atoms with Gasteiger partial charge in [-0.2, -0.15) is 0 Å². The van der Waals surface area contributed by atoms with Crippen LogP contribution in [0.3, 0.4) is 0 Å². The minimum Gasteiger partial charge on any atom is -0.870 e. The molecular formula is H16AlCuMnNiO16VZn-5. The van der Waals surface area contributed by atoms with Gasteiger partial charge in [-0.05, 0) is 0 Å². The summed E-state index contributed by atoms with van der Waals surface area (Å²) in [4.78, 5) is 0. The third-order valence-electron chi connectivity index (χ3n) is 0. The van der Waals surface area contributed by atoms with Crippen LogP contribution in [0.4, 0.5) is 0 Å². The van der Waals surface area contributed by atoms with Crippen molar-refractivity contribution in [3.63, 3.8) is 0 Å². The van der Waals surface area contributed by atoms with E-state index in [0.29, 0.717) is 0 Å². The molecule has 0 aromatic rings. The Morgan fingerprint density at radius 2 is 0.318 bits per heavy atom. The van der Waals surface area contributed by atoms with E-state index in [1.807, 2.05) is 0 Å². The van der Waals surface area contributed by atoms with Crippen LogP contribution in [0.5, 0.6) is 0 Å². The van der Waals surface area contributed by atoms with Gasteiger partial charge < -0.3 is 87.6 Å². The first-order valence-corrected chi connectivity index (χ1v) is 0. The minimum atomic E-state index is 0. The summed E-state index contributed by atoms with van der Waals surface area (Å²) in [5.41, 5.74) is 0. The van der Waals surface area contributed by atoms with E-state index in [9.17, 15) is 0 Å². The van der Waals surface area contributed by atoms with Crippen molar-refractivity contribution in [1.82, 2.24) is 0 Å². The molecule has 16 nitrogen and oxygen atoms in total. The first-order valence-electron chi connectivity index (χ1n) is 0. The van der Waals surface area contributed by atoms with Crippen molar-refractivity contribution >= 4 is 17.4 Å². The monoisotopic (exact) mass is 590 g/mol. The number of hydrogen-bond donors (Lipinski definition) is 0. The van der Waals surface area contributed by atoms with Gasteiger partial charge >= 0.3 is 87.5 Å². The van der Waals surface area contributed by atoms with Gasteiger partial charge in [0.05, 0.1) is 0 Å². The molecule has 0 atom stereocenters. The largest absolute Gasteiger partial charge is 3.00 e. The van der Waals surface area contributed by atoms with Crippen molar-refractivity contribution in [3.05, 3.63) is 0 Å². The van der Waals surface area contributed by atoms with Gasteiger partial charge in [0.1, 0.15) is 0 Å². The molecule has 0 saturated carbocycles. The fraction of sp³-hybridized carbons (Fsp3) is 0. The molecule has 0 fully saturated rings. The van der Waals surface area contributed by atoms with Crippen molar-refractivity contribution in [2.24, 2.45) is 0 Å². The average Bonchev–Trinajstić information content (AvgIpc) is 0. The van der Waals surface area contributed by atoms with Gasteiger partial charge in [0.25, 0.3) is 0 Å². The van der Waals surface area contributed by atoms with Gasteiger partial charge in [0.15, 0.2) is 0 Å². The molecule has 0 aliphatic carbocycles.